The van der Waals surface area contributed by atoms with Crippen LogP contribution in [-0.2, 0) is 7.05 Å². The fourth-order valence-corrected chi connectivity index (χ4v) is 3.28. The van der Waals surface area contributed by atoms with Crippen LogP contribution in [0, 0.1) is 13.8 Å². The van der Waals surface area contributed by atoms with E-state index in [1.54, 1.807) is 4.68 Å². The summed E-state index contributed by atoms with van der Waals surface area (Å²) in [7, 11) is 1.85. The molecule has 0 bridgehead atoms. The highest BCUT2D eigenvalue weighted by molar-refractivity contribution is 6.06. The van der Waals surface area contributed by atoms with E-state index >= 15 is 0 Å². The normalized spacial score (nSPS) is 12.3. The zero-order valence-electron chi connectivity index (χ0n) is 15.2. The molecule has 1 unspecified atom stereocenters. The van der Waals surface area contributed by atoms with Crippen LogP contribution in [0.2, 0.25) is 0 Å². The van der Waals surface area contributed by atoms with Gasteiger partial charge in [-0.05, 0) is 31.9 Å². The molecule has 1 N–H and O–H groups in total. The van der Waals surface area contributed by atoms with Crippen molar-refractivity contribution in [2.45, 2.75) is 33.1 Å². The van der Waals surface area contributed by atoms with E-state index in [9.17, 15) is 4.79 Å². The minimum absolute atomic E-state index is 0.0685. The number of benzene rings is 1. The van der Waals surface area contributed by atoms with E-state index in [1.807, 2.05) is 45.2 Å². The van der Waals surface area contributed by atoms with Gasteiger partial charge in [0.1, 0.15) is 0 Å². The third-order valence-electron chi connectivity index (χ3n) is 4.61. The van der Waals surface area contributed by atoms with Gasteiger partial charge in [0.15, 0.2) is 5.65 Å². The molecule has 1 atom stereocenters. The van der Waals surface area contributed by atoms with E-state index in [0.29, 0.717) is 18.0 Å². The van der Waals surface area contributed by atoms with Crippen molar-refractivity contribution in [3.63, 3.8) is 0 Å². The molecule has 5 nitrogen and oxygen atoms in total. The number of fused-ring (bicyclic) bond motifs is 1. The van der Waals surface area contributed by atoms with Crippen molar-refractivity contribution < 1.29 is 4.79 Å². The van der Waals surface area contributed by atoms with Gasteiger partial charge in [0, 0.05) is 25.2 Å². The van der Waals surface area contributed by atoms with E-state index in [0.717, 1.165) is 28.8 Å². The Balaban J connectivity index is 1.85. The summed E-state index contributed by atoms with van der Waals surface area (Å²) in [6.45, 7) is 6.57. The molecular formula is C20H24N4O. The minimum atomic E-state index is -0.0685. The number of aryl methyl sites for hydroxylation is 3. The lowest BCUT2D eigenvalue weighted by atomic mass is 9.96. The predicted molar refractivity (Wildman–Crippen MR) is 99.8 cm³/mol. The molecule has 0 aliphatic carbocycles. The topological polar surface area (TPSA) is 59.8 Å². The average Bonchev–Trinajstić information content (AvgIpc) is 2.89. The van der Waals surface area contributed by atoms with Crippen LogP contribution in [0.1, 0.15) is 46.6 Å². The summed E-state index contributed by atoms with van der Waals surface area (Å²) in [6, 6.07) is 12.1. The Bertz CT molecular complexity index is 899. The number of aromatic nitrogens is 3. The van der Waals surface area contributed by atoms with Crippen molar-refractivity contribution in [2.75, 3.05) is 6.54 Å². The number of carbonyl (C=O) groups is 1. The van der Waals surface area contributed by atoms with Crippen molar-refractivity contribution in [1.82, 2.24) is 20.1 Å². The highest BCUT2D eigenvalue weighted by Gasteiger charge is 2.18. The first-order valence-electron chi connectivity index (χ1n) is 8.65. The first kappa shape index (κ1) is 17.1. The zero-order valence-corrected chi connectivity index (χ0v) is 15.2. The highest BCUT2D eigenvalue weighted by atomic mass is 16.1. The Labute approximate surface area is 148 Å². The summed E-state index contributed by atoms with van der Waals surface area (Å²) in [6.07, 6.45) is 0.973. The molecule has 0 saturated carbocycles. The van der Waals surface area contributed by atoms with Gasteiger partial charge in [0.05, 0.1) is 16.6 Å². The summed E-state index contributed by atoms with van der Waals surface area (Å²) in [5.74, 6) is 0.236. The molecule has 3 rings (SSSR count). The van der Waals surface area contributed by atoms with Gasteiger partial charge >= 0.3 is 0 Å². The molecule has 3 aromatic rings. The van der Waals surface area contributed by atoms with Gasteiger partial charge in [-0.25, -0.2) is 4.98 Å². The van der Waals surface area contributed by atoms with Gasteiger partial charge in [0.25, 0.3) is 5.91 Å². The third-order valence-corrected chi connectivity index (χ3v) is 4.61. The molecule has 25 heavy (non-hydrogen) atoms. The van der Waals surface area contributed by atoms with Crippen LogP contribution >= 0.6 is 0 Å². The Morgan fingerprint density at radius 2 is 1.96 bits per heavy atom. The van der Waals surface area contributed by atoms with Crippen LogP contribution in [0.25, 0.3) is 11.0 Å². The number of nitrogens with one attached hydrogen (secondary N) is 1. The Morgan fingerprint density at radius 3 is 2.64 bits per heavy atom. The van der Waals surface area contributed by atoms with Gasteiger partial charge in [-0.3, -0.25) is 9.48 Å². The van der Waals surface area contributed by atoms with E-state index < -0.39 is 0 Å². The fourth-order valence-electron chi connectivity index (χ4n) is 3.28. The van der Waals surface area contributed by atoms with Crippen LogP contribution < -0.4 is 5.32 Å². The molecule has 0 saturated heterocycles. The summed E-state index contributed by atoms with van der Waals surface area (Å²) < 4.78 is 1.73. The van der Waals surface area contributed by atoms with Gasteiger partial charge in [-0.2, -0.15) is 5.10 Å². The van der Waals surface area contributed by atoms with Crippen molar-refractivity contribution in [2.24, 2.45) is 7.05 Å². The molecule has 1 amide bonds. The van der Waals surface area contributed by atoms with E-state index in [-0.39, 0.29) is 5.91 Å². The molecular weight excluding hydrogens is 312 g/mol. The maximum Gasteiger partial charge on any atom is 0.252 e. The van der Waals surface area contributed by atoms with Crippen molar-refractivity contribution in [3.05, 3.63) is 58.9 Å². The smallest absolute Gasteiger partial charge is 0.252 e. The Kier molecular flexibility index (Phi) is 4.83. The average molecular weight is 336 g/mol. The summed E-state index contributed by atoms with van der Waals surface area (Å²) in [5.41, 5.74) is 4.29. The Hall–Kier alpha value is -2.69. The molecule has 2 heterocycles. The first-order valence-corrected chi connectivity index (χ1v) is 8.65. The molecule has 0 aliphatic heterocycles. The van der Waals surface area contributed by atoms with Crippen LogP contribution in [0.3, 0.4) is 0 Å². The number of carbonyl (C=O) groups excluding carboxylic acids is 1. The molecule has 0 aliphatic rings. The van der Waals surface area contributed by atoms with Crippen molar-refractivity contribution in [1.29, 1.82) is 0 Å². The Morgan fingerprint density at radius 1 is 1.24 bits per heavy atom. The minimum Gasteiger partial charge on any atom is -0.351 e. The lowest BCUT2D eigenvalue weighted by Crippen LogP contribution is -2.28. The maximum atomic E-state index is 12.8. The van der Waals surface area contributed by atoms with Gasteiger partial charge in [0.2, 0.25) is 0 Å². The molecule has 130 valence electrons. The lowest BCUT2D eigenvalue weighted by molar-refractivity contribution is 0.0952. The second kappa shape index (κ2) is 7.05. The number of hydrogen-bond acceptors (Lipinski definition) is 3. The van der Waals surface area contributed by atoms with E-state index in [2.05, 4.69) is 34.5 Å². The van der Waals surface area contributed by atoms with Crippen LogP contribution in [0.4, 0.5) is 0 Å². The SMILES string of the molecule is CCC(CNC(=O)c1cc(C)nc2c1c(C)nn2C)c1ccccc1. The molecule has 0 fully saturated rings. The van der Waals surface area contributed by atoms with Gasteiger partial charge < -0.3 is 5.32 Å². The van der Waals surface area contributed by atoms with Crippen molar-refractivity contribution in [3.8, 4) is 0 Å². The molecule has 0 spiro atoms. The molecule has 5 heteroatoms. The number of amides is 1. The third kappa shape index (κ3) is 3.40. The quantitative estimate of drug-likeness (QED) is 0.775. The monoisotopic (exact) mass is 336 g/mol. The number of rotatable bonds is 5. The second-order valence-electron chi connectivity index (χ2n) is 6.44. The van der Waals surface area contributed by atoms with Crippen LogP contribution in [-0.4, -0.2) is 27.2 Å². The highest BCUT2D eigenvalue weighted by Crippen LogP contribution is 2.22. The lowest BCUT2D eigenvalue weighted by Gasteiger charge is -2.16. The standard InChI is InChI=1S/C20H24N4O/c1-5-15(16-9-7-6-8-10-16)12-21-20(25)17-11-13(2)22-19-18(17)14(3)23-24(19)4/h6-11,15H,5,12H2,1-4H3,(H,21,25). The number of hydrogen-bond donors (Lipinski definition) is 1. The summed E-state index contributed by atoms with van der Waals surface area (Å²) in [5, 5.41) is 8.34. The number of nitrogens with zero attached hydrogens (tertiary/aromatic N) is 3. The van der Waals surface area contributed by atoms with E-state index in [1.165, 1.54) is 5.56 Å². The molecule has 1 aromatic carbocycles. The fraction of sp³-hybridized carbons (Fsp3) is 0.350. The van der Waals surface area contributed by atoms with Crippen molar-refractivity contribution >= 4 is 16.9 Å². The molecule has 2 aromatic heterocycles. The molecule has 0 radical (unpaired) electrons. The zero-order chi connectivity index (χ0) is 18.0. The first-order chi connectivity index (χ1) is 12.0. The summed E-state index contributed by atoms with van der Waals surface area (Å²) in [4.78, 5) is 17.4. The largest absolute Gasteiger partial charge is 0.351 e. The maximum absolute atomic E-state index is 12.8. The van der Waals surface area contributed by atoms with Crippen LogP contribution in [0.5, 0.6) is 0 Å². The van der Waals surface area contributed by atoms with Gasteiger partial charge in [-0.15, -0.1) is 0 Å². The van der Waals surface area contributed by atoms with Gasteiger partial charge in [-0.1, -0.05) is 37.3 Å². The van der Waals surface area contributed by atoms with E-state index in [4.69, 9.17) is 0 Å². The number of pyridine rings is 1. The summed E-state index contributed by atoms with van der Waals surface area (Å²) >= 11 is 0. The second-order valence-corrected chi connectivity index (χ2v) is 6.44. The predicted octanol–water partition coefficient (Wildman–Crippen LogP) is 3.51. The van der Waals surface area contributed by atoms with Crippen LogP contribution in [0.15, 0.2) is 36.4 Å².